The minimum Gasteiger partial charge on any atom is -0.376 e. The second-order valence-corrected chi connectivity index (χ2v) is 12.0. The van der Waals surface area contributed by atoms with Crippen LogP contribution in [0.5, 0.6) is 0 Å². The van der Waals surface area contributed by atoms with Crippen molar-refractivity contribution < 1.29 is 26.6 Å². The molecule has 10 heteroatoms. The zero-order valence-electron chi connectivity index (χ0n) is 19.9. The van der Waals surface area contributed by atoms with Gasteiger partial charge in [-0.15, -0.1) is 0 Å². The van der Waals surface area contributed by atoms with Gasteiger partial charge in [0.2, 0.25) is 0 Å². The van der Waals surface area contributed by atoms with Gasteiger partial charge in [-0.25, -0.2) is 4.98 Å². The molecule has 0 aliphatic rings. The number of benzene rings is 1. The average molecular weight is 471 g/mol. The highest BCUT2D eigenvalue weighted by atomic mass is 28.4. The van der Waals surface area contributed by atoms with Crippen LogP contribution in [0.25, 0.3) is 0 Å². The topological polar surface area (TPSA) is 73.2 Å². The van der Waals surface area contributed by atoms with Gasteiger partial charge >= 0.3 is 17.6 Å². The van der Waals surface area contributed by atoms with Gasteiger partial charge in [-0.3, -0.25) is 0 Å². The van der Waals surface area contributed by atoms with Crippen LogP contribution in [0, 0.1) is 0 Å². The van der Waals surface area contributed by atoms with Crippen LogP contribution in [-0.2, 0) is 26.6 Å². The quantitative estimate of drug-likeness (QED) is 0.416. The minimum atomic E-state index is -2.67. The number of nitrogens with zero attached hydrogens (tertiary/aromatic N) is 2. The van der Waals surface area contributed by atoms with Crippen LogP contribution in [0.1, 0.15) is 39.8 Å². The number of aromatic nitrogens is 2. The summed E-state index contributed by atoms with van der Waals surface area (Å²) in [5.41, 5.74) is 0.0694. The van der Waals surface area contributed by atoms with Crippen molar-refractivity contribution in [1.29, 1.82) is 0 Å². The SMILES string of the molecule is CCC(n1ccnc1)[Si](OC)(OC)OC.CCO[Si](OCC)(OCC)c1ccccc1. The fourth-order valence-corrected chi connectivity index (χ4v) is 8.17. The number of rotatable bonds is 13. The molecule has 1 aromatic carbocycles. The Balaban J connectivity index is 0.000000311. The molecule has 0 aliphatic heterocycles. The smallest absolute Gasteiger partial charge is 0.376 e. The lowest BCUT2D eigenvalue weighted by Crippen LogP contribution is -2.56. The first-order valence-electron chi connectivity index (χ1n) is 10.6. The Morgan fingerprint density at radius 1 is 0.839 bits per heavy atom. The van der Waals surface area contributed by atoms with E-state index in [0.29, 0.717) is 19.8 Å². The molecule has 1 atom stereocenters. The Morgan fingerprint density at radius 2 is 1.35 bits per heavy atom. The molecule has 31 heavy (non-hydrogen) atoms. The van der Waals surface area contributed by atoms with E-state index in [4.69, 9.17) is 26.6 Å². The third-order valence-corrected chi connectivity index (χ3v) is 10.9. The van der Waals surface area contributed by atoms with Crippen molar-refractivity contribution in [2.24, 2.45) is 0 Å². The Morgan fingerprint density at radius 3 is 1.71 bits per heavy atom. The van der Waals surface area contributed by atoms with Gasteiger partial charge in [-0.1, -0.05) is 37.3 Å². The Kier molecular flexibility index (Phi) is 13.1. The summed E-state index contributed by atoms with van der Waals surface area (Å²) in [5.74, 6) is 0. The molecule has 0 N–H and O–H groups in total. The molecular formula is C21H38N2O6Si2. The second kappa shape index (κ2) is 14.6. The highest BCUT2D eigenvalue weighted by molar-refractivity contribution is 6.75. The fourth-order valence-electron chi connectivity index (χ4n) is 3.34. The molecule has 2 rings (SSSR count). The maximum Gasteiger partial charge on any atom is 0.537 e. The average Bonchev–Trinajstić information content (AvgIpc) is 3.33. The van der Waals surface area contributed by atoms with Gasteiger partial charge < -0.3 is 31.1 Å². The van der Waals surface area contributed by atoms with E-state index in [9.17, 15) is 0 Å². The molecule has 0 saturated carbocycles. The first-order chi connectivity index (χ1) is 15.0. The molecule has 1 heterocycles. The van der Waals surface area contributed by atoms with Gasteiger partial charge in [0.25, 0.3) is 0 Å². The van der Waals surface area contributed by atoms with Crippen LogP contribution in [0.3, 0.4) is 0 Å². The molecule has 176 valence electrons. The van der Waals surface area contributed by atoms with Crippen molar-refractivity contribution in [2.45, 2.75) is 39.8 Å². The van der Waals surface area contributed by atoms with Crippen molar-refractivity contribution in [1.82, 2.24) is 9.55 Å². The Labute approximate surface area is 189 Å². The third kappa shape index (κ3) is 7.33. The summed E-state index contributed by atoms with van der Waals surface area (Å²) in [7, 11) is -0.429. The molecule has 0 fully saturated rings. The molecule has 0 radical (unpaired) electrons. The minimum absolute atomic E-state index is 0.0694. The summed E-state index contributed by atoms with van der Waals surface area (Å²) in [6, 6.07) is 9.95. The summed E-state index contributed by atoms with van der Waals surface area (Å²) >= 11 is 0. The van der Waals surface area contributed by atoms with Crippen molar-refractivity contribution in [2.75, 3.05) is 41.2 Å². The summed E-state index contributed by atoms with van der Waals surface area (Å²) in [6.45, 7) is 9.75. The van der Waals surface area contributed by atoms with Crippen LogP contribution in [-0.4, -0.2) is 68.3 Å². The van der Waals surface area contributed by atoms with E-state index in [1.165, 1.54) is 0 Å². The highest BCUT2D eigenvalue weighted by Gasteiger charge is 2.47. The number of hydrogen-bond acceptors (Lipinski definition) is 7. The molecule has 0 spiro atoms. The second-order valence-electron chi connectivity index (χ2n) is 6.37. The van der Waals surface area contributed by atoms with Crippen LogP contribution < -0.4 is 5.19 Å². The lowest BCUT2D eigenvalue weighted by Gasteiger charge is -2.32. The van der Waals surface area contributed by atoms with Crippen molar-refractivity contribution >= 4 is 22.8 Å². The maximum atomic E-state index is 5.79. The van der Waals surface area contributed by atoms with Gasteiger partial charge in [0.15, 0.2) is 0 Å². The lowest BCUT2D eigenvalue weighted by molar-refractivity contribution is 0.0859. The van der Waals surface area contributed by atoms with Crippen molar-refractivity contribution in [3.05, 3.63) is 49.1 Å². The number of imidazole rings is 1. The predicted molar refractivity (Wildman–Crippen MR) is 125 cm³/mol. The normalized spacial score (nSPS) is 12.9. The van der Waals surface area contributed by atoms with Gasteiger partial charge in [-0.05, 0) is 27.2 Å². The molecule has 0 saturated heterocycles. The molecule has 0 bridgehead atoms. The summed E-state index contributed by atoms with van der Waals surface area (Å²) in [6.07, 6.45) is 6.26. The van der Waals surface area contributed by atoms with Crippen molar-refractivity contribution in [3.8, 4) is 0 Å². The molecule has 2 aromatic rings. The van der Waals surface area contributed by atoms with E-state index < -0.39 is 17.6 Å². The first-order valence-corrected chi connectivity index (χ1v) is 14.2. The standard InChI is InChI=1S/C12H20O3Si.C9H18N2O3Si/c1-4-13-16(14-5-2,15-6-3)12-10-8-7-9-11-12;1-5-9(11-7-6-10-8-11)15(12-2,13-3)14-4/h7-11H,4-6H2,1-3H3;6-9H,5H2,1-4H3. The molecule has 0 aliphatic carbocycles. The summed E-state index contributed by atoms with van der Waals surface area (Å²) in [4.78, 5) is 4.03. The molecule has 8 nitrogen and oxygen atoms in total. The fraction of sp³-hybridized carbons (Fsp3) is 0.571. The first kappa shape index (κ1) is 27.7. The molecule has 1 aromatic heterocycles. The van der Waals surface area contributed by atoms with Crippen LogP contribution >= 0.6 is 0 Å². The van der Waals surface area contributed by atoms with E-state index in [2.05, 4.69) is 11.9 Å². The zero-order chi connectivity index (χ0) is 23.2. The Hall–Kier alpha value is -1.38. The van der Waals surface area contributed by atoms with Crippen LogP contribution in [0.2, 0.25) is 0 Å². The molecule has 0 amide bonds. The van der Waals surface area contributed by atoms with Gasteiger partial charge in [0.05, 0.1) is 6.33 Å². The zero-order valence-corrected chi connectivity index (χ0v) is 21.9. The third-order valence-electron chi connectivity index (χ3n) is 4.66. The lowest BCUT2D eigenvalue weighted by atomic mass is 10.4. The van der Waals surface area contributed by atoms with E-state index in [1.54, 1.807) is 33.9 Å². The van der Waals surface area contributed by atoms with E-state index in [-0.39, 0.29) is 5.67 Å². The highest BCUT2D eigenvalue weighted by Crippen LogP contribution is 2.26. The monoisotopic (exact) mass is 470 g/mol. The predicted octanol–water partition coefficient (Wildman–Crippen LogP) is 3.19. The maximum absolute atomic E-state index is 5.79. The number of hydrogen-bond donors (Lipinski definition) is 0. The van der Waals surface area contributed by atoms with Crippen LogP contribution in [0.15, 0.2) is 49.1 Å². The summed E-state index contributed by atoms with van der Waals surface area (Å²) < 4.78 is 35.7. The van der Waals surface area contributed by atoms with E-state index in [1.807, 2.05) is 61.9 Å². The summed E-state index contributed by atoms with van der Waals surface area (Å²) in [5, 5.41) is 1.03. The molecule has 1 unspecified atom stereocenters. The van der Waals surface area contributed by atoms with E-state index in [0.717, 1.165) is 11.6 Å². The van der Waals surface area contributed by atoms with Crippen LogP contribution in [0.4, 0.5) is 0 Å². The molecular weight excluding hydrogens is 432 g/mol. The van der Waals surface area contributed by atoms with Gasteiger partial charge in [-0.2, -0.15) is 0 Å². The van der Waals surface area contributed by atoms with Crippen molar-refractivity contribution in [3.63, 3.8) is 0 Å². The largest absolute Gasteiger partial charge is 0.537 e. The van der Waals surface area contributed by atoms with Gasteiger partial charge in [0.1, 0.15) is 5.67 Å². The van der Waals surface area contributed by atoms with Gasteiger partial charge in [0, 0.05) is 58.7 Å². The van der Waals surface area contributed by atoms with E-state index >= 15 is 0 Å². The Bertz CT molecular complexity index is 661.